The zero-order valence-corrected chi connectivity index (χ0v) is 13.3. The number of fused-ring (bicyclic) bond motifs is 1. The van der Waals surface area contributed by atoms with Crippen LogP contribution in [0.3, 0.4) is 0 Å². The number of nitrogens with one attached hydrogen (secondary N) is 1. The third-order valence-electron chi connectivity index (χ3n) is 3.78. The molecule has 1 aliphatic rings. The van der Waals surface area contributed by atoms with E-state index in [9.17, 15) is 9.18 Å². The Balaban J connectivity index is 1.85. The van der Waals surface area contributed by atoms with Crippen LogP contribution in [-0.2, 0) is 0 Å². The summed E-state index contributed by atoms with van der Waals surface area (Å²) in [6.45, 7) is 1.93. The molecule has 2 heterocycles. The van der Waals surface area contributed by atoms with Crippen LogP contribution < -0.4 is 5.32 Å². The summed E-state index contributed by atoms with van der Waals surface area (Å²) >= 11 is 0. The van der Waals surface area contributed by atoms with E-state index in [1.54, 1.807) is 6.07 Å². The van der Waals surface area contributed by atoms with Gasteiger partial charge in [-0.05, 0) is 37.3 Å². The third kappa shape index (κ3) is 2.89. The molecule has 5 nitrogen and oxygen atoms in total. The van der Waals surface area contributed by atoms with Gasteiger partial charge < -0.3 is 5.32 Å². The normalized spacial score (nSPS) is 14.8. The number of benzene rings is 2. The Morgan fingerprint density at radius 3 is 2.68 bits per heavy atom. The van der Waals surface area contributed by atoms with Gasteiger partial charge in [-0.25, -0.2) is 19.4 Å². The molecule has 25 heavy (non-hydrogen) atoms. The van der Waals surface area contributed by atoms with Crippen molar-refractivity contribution < 1.29 is 9.18 Å². The highest BCUT2D eigenvalue weighted by molar-refractivity contribution is 6.08. The number of halogens is 1. The topological polar surface area (TPSA) is 67.2 Å². The summed E-state index contributed by atoms with van der Waals surface area (Å²) in [5.41, 5.74) is 1.82. The average Bonchev–Trinajstić information content (AvgIpc) is 2.59. The first-order chi connectivity index (χ1) is 12.1. The highest BCUT2D eigenvalue weighted by atomic mass is 19.1. The number of para-hydroxylation sites is 1. The molecule has 1 N–H and O–H groups in total. The number of carbonyl (C=O) groups excluding carboxylic acids is 1. The van der Waals surface area contributed by atoms with Crippen LogP contribution in [0.2, 0.25) is 0 Å². The molecule has 0 bridgehead atoms. The summed E-state index contributed by atoms with van der Waals surface area (Å²) in [7, 11) is 0. The number of ketones is 1. The SMILES string of the molecule is CC1=CC(=Nc2nc(C(=O)c3cccc(F)c3)nc3ccccc23)N1. The monoisotopic (exact) mass is 332 g/mol. The predicted molar refractivity (Wildman–Crippen MR) is 93.4 cm³/mol. The molecule has 0 aliphatic carbocycles. The van der Waals surface area contributed by atoms with Crippen LogP contribution in [0.4, 0.5) is 10.2 Å². The maximum atomic E-state index is 13.4. The van der Waals surface area contributed by atoms with Crippen LogP contribution >= 0.6 is 0 Å². The fourth-order valence-corrected chi connectivity index (χ4v) is 2.58. The number of aromatic nitrogens is 2. The molecule has 0 unspecified atom stereocenters. The third-order valence-corrected chi connectivity index (χ3v) is 3.78. The number of carbonyl (C=O) groups is 1. The largest absolute Gasteiger partial charge is 0.344 e. The van der Waals surface area contributed by atoms with E-state index in [0.29, 0.717) is 17.2 Å². The molecule has 0 saturated carbocycles. The summed E-state index contributed by atoms with van der Waals surface area (Å²) < 4.78 is 13.4. The van der Waals surface area contributed by atoms with Crippen LogP contribution in [0, 0.1) is 5.82 Å². The average molecular weight is 332 g/mol. The second kappa shape index (κ2) is 5.90. The number of hydrogen-bond acceptors (Lipinski definition) is 4. The summed E-state index contributed by atoms with van der Waals surface area (Å²) in [5, 5.41) is 3.80. The lowest BCUT2D eigenvalue weighted by molar-refractivity contribution is 0.102. The molecule has 0 fully saturated rings. The number of nitrogens with zero attached hydrogens (tertiary/aromatic N) is 3. The van der Waals surface area contributed by atoms with Crippen LogP contribution in [0.15, 0.2) is 65.3 Å². The lowest BCUT2D eigenvalue weighted by Crippen LogP contribution is -2.29. The molecule has 3 aromatic rings. The smallest absolute Gasteiger partial charge is 0.230 e. The fourth-order valence-electron chi connectivity index (χ4n) is 2.58. The van der Waals surface area contributed by atoms with Gasteiger partial charge in [0.25, 0.3) is 0 Å². The van der Waals surface area contributed by atoms with Gasteiger partial charge in [0.1, 0.15) is 11.7 Å². The van der Waals surface area contributed by atoms with E-state index in [-0.39, 0.29) is 11.4 Å². The van der Waals surface area contributed by atoms with Gasteiger partial charge in [0.2, 0.25) is 11.6 Å². The molecule has 0 saturated heterocycles. The van der Waals surface area contributed by atoms with Gasteiger partial charge >= 0.3 is 0 Å². The van der Waals surface area contributed by atoms with E-state index in [0.717, 1.165) is 11.1 Å². The highest BCUT2D eigenvalue weighted by Gasteiger charge is 2.17. The number of aliphatic imine (C=N–C) groups is 1. The molecule has 4 rings (SSSR count). The lowest BCUT2D eigenvalue weighted by atomic mass is 10.1. The molecule has 1 aliphatic heterocycles. The predicted octanol–water partition coefficient (Wildman–Crippen LogP) is 3.54. The molecule has 0 atom stereocenters. The van der Waals surface area contributed by atoms with Gasteiger partial charge in [-0.2, -0.15) is 0 Å². The lowest BCUT2D eigenvalue weighted by Gasteiger charge is -2.16. The molecular weight excluding hydrogens is 319 g/mol. The minimum atomic E-state index is -0.480. The van der Waals surface area contributed by atoms with Gasteiger partial charge in [-0.1, -0.05) is 24.3 Å². The highest BCUT2D eigenvalue weighted by Crippen LogP contribution is 2.24. The summed E-state index contributed by atoms with van der Waals surface area (Å²) in [4.78, 5) is 25.7. The zero-order chi connectivity index (χ0) is 17.4. The molecule has 0 radical (unpaired) electrons. The summed E-state index contributed by atoms with van der Waals surface area (Å²) in [6, 6.07) is 12.8. The molecule has 6 heteroatoms. The number of amidine groups is 1. The number of allylic oxidation sites excluding steroid dienone is 1. The van der Waals surface area contributed by atoms with Crippen LogP contribution in [0.5, 0.6) is 0 Å². The standard InChI is InChI=1S/C19H13FN4O/c1-11-9-16(21-11)23-18-14-7-2-3-8-15(14)22-19(24-18)17(25)12-5-4-6-13(20)10-12/h2-10H,1H3,(H,21,22,23,24). The van der Waals surface area contributed by atoms with E-state index in [1.165, 1.54) is 24.3 Å². The molecule has 122 valence electrons. The summed E-state index contributed by atoms with van der Waals surface area (Å²) in [5.74, 6) is 0.136. The van der Waals surface area contributed by atoms with Crippen molar-refractivity contribution in [1.29, 1.82) is 0 Å². The van der Waals surface area contributed by atoms with E-state index in [4.69, 9.17) is 0 Å². The Morgan fingerprint density at radius 1 is 1.12 bits per heavy atom. The first-order valence-electron chi connectivity index (χ1n) is 7.71. The Morgan fingerprint density at radius 2 is 1.92 bits per heavy atom. The van der Waals surface area contributed by atoms with Crippen LogP contribution in [-0.4, -0.2) is 21.6 Å². The maximum absolute atomic E-state index is 13.4. The molecular formula is C19H13FN4O. The van der Waals surface area contributed by atoms with Crippen molar-refractivity contribution in [2.24, 2.45) is 4.99 Å². The Hall–Kier alpha value is -3.41. The van der Waals surface area contributed by atoms with Crippen molar-refractivity contribution in [2.75, 3.05) is 0 Å². The second-order valence-corrected chi connectivity index (χ2v) is 5.68. The summed E-state index contributed by atoms with van der Waals surface area (Å²) in [6.07, 6.45) is 1.88. The Labute approximate surface area is 143 Å². The van der Waals surface area contributed by atoms with E-state index >= 15 is 0 Å². The van der Waals surface area contributed by atoms with Crippen molar-refractivity contribution in [3.8, 4) is 0 Å². The van der Waals surface area contributed by atoms with Crippen molar-refractivity contribution in [2.45, 2.75) is 6.92 Å². The van der Waals surface area contributed by atoms with Gasteiger partial charge in [0, 0.05) is 16.6 Å². The Bertz CT molecular complexity index is 1070. The molecule has 1 aromatic heterocycles. The first kappa shape index (κ1) is 15.1. The minimum absolute atomic E-state index is 0.0105. The van der Waals surface area contributed by atoms with Crippen LogP contribution in [0.1, 0.15) is 23.1 Å². The van der Waals surface area contributed by atoms with Crippen molar-refractivity contribution >= 4 is 28.3 Å². The minimum Gasteiger partial charge on any atom is -0.344 e. The van der Waals surface area contributed by atoms with Crippen molar-refractivity contribution in [1.82, 2.24) is 15.3 Å². The van der Waals surface area contributed by atoms with Gasteiger partial charge in [0.15, 0.2) is 5.82 Å². The van der Waals surface area contributed by atoms with E-state index in [1.807, 2.05) is 31.2 Å². The van der Waals surface area contributed by atoms with Gasteiger partial charge in [-0.15, -0.1) is 0 Å². The zero-order valence-electron chi connectivity index (χ0n) is 13.3. The number of hydrogen-bond donors (Lipinski definition) is 1. The van der Waals surface area contributed by atoms with Gasteiger partial charge in [0.05, 0.1) is 5.52 Å². The number of rotatable bonds is 3. The van der Waals surface area contributed by atoms with Crippen molar-refractivity contribution in [3.05, 3.63) is 77.5 Å². The molecule has 0 amide bonds. The van der Waals surface area contributed by atoms with E-state index in [2.05, 4.69) is 20.3 Å². The Kier molecular flexibility index (Phi) is 3.57. The quantitative estimate of drug-likeness (QED) is 0.745. The first-order valence-corrected chi connectivity index (χ1v) is 7.71. The molecule has 0 spiro atoms. The second-order valence-electron chi connectivity index (χ2n) is 5.68. The van der Waals surface area contributed by atoms with E-state index < -0.39 is 11.6 Å². The maximum Gasteiger partial charge on any atom is 0.230 e. The van der Waals surface area contributed by atoms with Gasteiger partial charge in [-0.3, -0.25) is 4.79 Å². The molecule has 2 aromatic carbocycles. The fraction of sp³-hybridized carbons (Fsp3) is 0.0526. The van der Waals surface area contributed by atoms with Crippen LogP contribution in [0.25, 0.3) is 10.9 Å². The van der Waals surface area contributed by atoms with Crippen molar-refractivity contribution in [3.63, 3.8) is 0 Å².